The van der Waals surface area contributed by atoms with Crippen LogP contribution in [0.2, 0.25) is 15.1 Å². The SMILES string of the molecule is NC(=O)c1cc2c([nH]c1=O)CCCC2NC(=O)c1sc2cc(Cl)cc(Cl)c2c1Cl. The Balaban J connectivity index is 1.70. The van der Waals surface area contributed by atoms with Crippen molar-refractivity contribution in [3.05, 3.63) is 65.3 Å². The highest BCUT2D eigenvalue weighted by Crippen LogP contribution is 2.41. The van der Waals surface area contributed by atoms with Gasteiger partial charge in [0.1, 0.15) is 10.4 Å². The number of nitrogens with one attached hydrogen (secondary N) is 2. The van der Waals surface area contributed by atoms with Crippen LogP contribution in [0, 0.1) is 0 Å². The molecule has 2 amide bonds. The number of halogens is 3. The molecule has 0 spiro atoms. The number of aromatic amines is 1. The third-order valence-corrected chi connectivity index (χ3v) is 7.02. The normalized spacial score (nSPS) is 15.9. The maximum Gasteiger partial charge on any atom is 0.263 e. The van der Waals surface area contributed by atoms with Crippen molar-refractivity contribution in [2.45, 2.75) is 25.3 Å². The Hall–Kier alpha value is -2.06. The number of hydrogen-bond donors (Lipinski definition) is 3. The van der Waals surface area contributed by atoms with E-state index in [2.05, 4.69) is 10.3 Å². The Morgan fingerprint density at radius 3 is 2.69 bits per heavy atom. The molecule has 4 rings (SSSR count). The number of rotatable bonds is 3. The van der Waals surface area contributed by atoms with Crippen LogP contribution in [-0.2, 0) is 6.42 Å². The van der Waals surface area contributed by atoms with Gasteiger partial charge in [0, 0.05) is 20.8 Å². The topological polar surface area (TPSA) is 105 Å². The minimum atomic E-state index is -0.816. The largest absolute Gasteiger partial charge is 0.365 e. The van der Waals surface area contributed by atoms with E-state index in [0.717, 1.165) is 6.42 Å². The van der Waals surface area contributed by atoms with E-state index in [1.54, 1.807) is 12.1 Å². The molecule has 29 heavy (non-hydrogen) atoms. The number of aromatic nitrogens is 1. The van der Waals surface area contributed by atoms with Gasteiger partial charge < -0.3 is 16.0 Å². The molecule has 6 nitrogen and oxygen atoms in total. The lowest BCUT2D eigenvalue weighted by Crippen LogP contribution is -2.33. The van der Waals surface area contributed by atoms with Gasteiger partial charge in [-0.2, -0.15) is 0 Å². The van der Waals surface area contributed by atoms with Gasteiger partial charge in [0.2, 0.25) is 0 Å². The molecule has 4 N–H and O–H groups in total. The lowest BCUT2D eigenvalue weighted by Gasteiger charge is -2.26. The average molecular weight is 471 g/mol. The number of pyridine rings is 1. The van der Waals surface area contributed by atoms with Crippen molar-refractivity contribution in [3.63, 3.8) is 0 Å². The second-order valence-electron chi connectivity index (χ2n) is 6.73. The van der Waals surface area contributed by atoms with Crippen LogP contribution in [0.5, 0.6) is 0 Å². The molecule has 1 aliphatic rings. The molecule has 2 aromatic heterocycles. The monoisotopic (exact) mass is 469 g/mol. The van der Waals surface area contributed by atoms with Gasteiger partial charge in [0.05, 0.1) is 16.1 Å². The molecule has 1 atom stereocenters. The minimum absolute atomic E-state index is 0.133. The number of fused-ring (bicyclic) bond motifs is 2. The molecule has 0 aliphatic heterocycles. The van der Waals surface area contributed by atoms with Crippen LogP contribution in [0.15, 0.2) is 23.0 Å². The summed E-state index contributed by atoms with van der Waals surface area (Å²) in [5.41, 5.74) is 6.00. The van der Waals surface area contributed by atoms with Gasteiger partial charge in [-0.25, -0.2) is 0 Å². The lowest BCUT2D eigenvalue weighted by atomic mass is 9.90. The summed E-state index contributed by atoms with van der Waals surface area (Å²) in [5, 5.41) is 4.62. The number of aryl methyl sites for hydroxylation is 1. The second kappa shape index (κ2) is 7.65. The van der Waals surface area contributed by atoms with Crippen LogP contribution in [0.3, 0.4) is 0 Å². The minimum Gasteiger partial charge on any atom is -0.365 e. The van der Waals surface area contributed by atoms with Crippen LogP contribution >= 0.6 is 46.1 Å². The number of amides is 2. The maximum absolute atomic E-state index is 13.0. The van der Waals surface area contributed by atoms with E-state index in [1.165, 1.54) is 17.4 Å². The van der Waals surface area contributed by atoms with Gasteiger partial charge in [-0.1, -0.05) is 34.8 Å². The first-order chi connectivity index (χ1) is 13.8. The van der Waals surface area contributed by atoms with Crippen LogP contribution < -0.4 is 16.6 Å². The Bertz CT molecular complexity index is 1230. The zero-order chi connectivity index (χ0) is 20.9. The Morgan fingerprint density at radius 2 is 1.97 bits per heavy atom. The first kappa shape index (κ1) is 20.2. The zero-order valence-corrected chi connectivity index (χ0v) is 17.9. The number of thiophene rings is 1. The first-order valence-corrected chi connectivity index (χ1v) is 10.6. The number of carbonyl (C=O) groups excluding carboxylic acids is 2. The highest BCUT2D eigenvalue weighted by atomic mass is 35.5. The van der Waals surface area contributed by atoms with Crippen LogP contribution in [0.4, 0.5) is 0 Å². The van der Waals surface area contributed by atoms with E-state index < -0.39 is 11.5 Å². The van der Waals surface area contributed by atoms with E-state index >= 15 is 0 Å². The third-order valence-electron chi connectivity index (χ3n) is 4.88. The highest BCUT2D eigenvalue weighted by Gasteiger charge is 2.27. The molecule has 1 aromatic carbocycles. The summed E-state index contributed by atoms with van der Waals surface area (Å²) in [7, 11) is 0. The van der Waals surface area contributed by atoms with Crippen LogP contribution in [0.1, 0.15) is 50.2 Å². The van der Waals surface area contributed by atoms with E-state index in [0.29, 0.717) is 49.1 Å². The number of hydrogen-bond acceptors (Lipinski definition) is 4. The summed E-state index contributed by atoms with van der Waals surface area (Å²) >= 11 is 19.9. The fourth-order valence-electron chi connectivity index (χ4n) is 3.56. The summed E-state index contributed by atoms with van der Waals surface area (Å²) in [5.74, 6) is -1.18. The van der Waals surface area contributed by atoms with Gasteiger partial charge in [-0.05, 0) is 43.0 Å². The Morgan fingerprint density at radius 1 is 1.21 bits per heavy atom. The third kappa shape index (κ3) is 3.64. The van der Waals surface area contributed by atoms with Crippen molar-refractivity contribution in [2.75, 3.05) is 0 Å². The van der Waals surface area contributed by atoms with Crippen molar-refractivity contribution < 1.29 is 9.59 Å². The summed E-state index contributed by atoms with van der Waals surface area (Å²) in [6.45, 7) is 0. The number of nitrogens with two attached hydrogens (primary N) is 1. The lowest BCUT2D eigenvalue weighted by molar-refractivity contribution is 0.0936. The smallest absolute Gasteiger partial charge is 0.263 e. The summed E-state index contributed by atoms with van der Waals surface area (Å²) < 4.78 is 0.710. The number of carbonyl (C=O) groups is 2. The molecule has 0 saturated carbocycles. The van der Waals surface area contributed by atoms with E-state index in [1.807, 2.05) is 0 Å². The molecular weight excluding hydrogens is 457 g/mol. The van der Waals surface area contributed by atoms with Crippen molar-refractivity contribution >= 4 is 68.0 Å². The molecule has 10 heteroatoms. The van der Waals surface area contributed by atoms with Crippen LogP contribution in [-0.4, -0.2) is 16.8 Å². The Kier molecular flexibility index (Phi) is 5.33. The van der Waals surface area contributed by atoms with Crippen molar-refractivity contribution in [1.29, 1.82) is 0 Å². The summed E-state index contributed by atoms with van der Waals surface area (Å²) in [6.07, 6.45) is 2.07. The number of benzene rings is 1. The maximum atomic E-state index is 13.0. The fraction of sp³-hybridized carbons (Fsp3) is 0.211. The van der Waals surface area contributed by atoms with E-state index in [9.17, 15) is 14.4 Å². The molecule has 0 saturated heterocycles. The number of primary amides is 1. The molecule has 1 unspecified atom stereocenters. The first-order valence-electron chi connectivity index (χ1n) is 8.70. The number of H-pyrrole nitrogens is 1. The highest BCUT2D eigenvalue weighted by molar-refractivity contribution is 7.21. The second-order valence-corrected chi connectivity index (χ2v) is 9.01. The predicted molar refractivity (Wildman–Crippen MR) is 116 cm³/mol. The molecular formula is C19H14Cl3N3O3S. The quantitative estimate of drug-likeness (QED) is 0.526. The summed E-state index contributed by atoms with van der Waals surface area (Å²) in [6, 6.07) is 4.35. The van der Waals surface area contributed by atoms with Crippen LogP contribution in [0.25, 0.3) is 10.1 Å². The molecule has 1 aliphatic carbocycles. The molecule has 150 valence electrons. The van der Waals surface area contributed by atoms with Gasteiger partial charge >= 0.3 is 0 Å². The Labute approximate surface area is 183 Å². The van der Waals surface area contributed by atoms with Gasteiger partial charge in [0.25, 0.3) is 17.4 Å². The van der Waals surface area contributed by atoms with Crippen molar-refractivity contribution in [3.8, 4) is 0 Å². The van der Waals surface area contributed by atoms with Gasteiger partial charge in [0.15, 0.2) is 0 Å². The molecule has 2 heterocycles. The fourth-order valence-corrected chi connectivity index (χ4v) is 5.84. The van der Waals surface area contributed by atoms with E-state index in [4.69, 9.17) is 40.5 Å². The predicted octanol–water partition coefficient (Wildman–Crippen LogP) is 4.46. The standard InChI is InChI=1S/C19H14Cl3N3O3S/c20-7-4-10(21)14-13(5-7)29-16(15(14)22)19(28)25-12-3-1-2-11-8(12)6-9(17(23)26)18(27)24-11/h4-6,12H,1-3H2,(H2,23,26)(H,24,27)(H,25,28). The van der Waals surface area contributed by atoms with Crippen molar-refractivity contribution in [1.82, 2.24) is 10.3 Å². The summed E-state index contributed by atoms with van der Waals surface area (Å²) in [4.78, 5) is 39.5. The van der Waals surface area contributed by atoms with Gasteiger partial charge in [-0.15, -0.1) is 11.3 Å². The molecule has 3 aromatic rings. The van der Waals surface area contributed by atoms with Crippen molar-refractivity contribution in [2.24, 2.45) is 5.73 Å². The zero-order valence-electron chi connectivity index (χ0n) is 14.8. The van der Waals surface area contributed by atoms with E-state index in [-0.39, 0.29) is 22.5 Å². The average Bonchev–Trinajstić information content (AvgIpc) is 2.97. The molecule has 0 fully saturated rings. The molecule has 0 radical (unpaired) electrons. The van der Waals surface area contributed by atoms with Gasteiger partial charge in [-0.3, -0.25) is 14.4 Å². The molecule has 0 bridgehead atoms.